The molecule has 0 aromatic rings. The second-order valence-corrected chi connectivity index (χ2v) is 6.56. The highest BCUT2D eigenvalue weighted by molar-refractivity contribution is 5.91. The molecule has 5 heteroatoms. The zero-order valence-corrected chi connectivity index (χ0v) is 14.4. The molecule has 132 valence electrons. The van der Waals surface area contributed by atoms with E-state index in [1.54, 1.807) is 7.05 Å². The number of aliphatic hydroxyl groups is 1. The van der Waals surface area contributed by atoms with Gasteiger partial charge in [0.15, 0.2) is 5.76 Å². The predicted octanol–water partition coefficient (Wildman–Crippen LogP) is 2.59. The molecule has 2 N–H and O–H groups in total. The summed E-state index contributed by atoms with van der Waals surface area (Å²) >= 11 is 0. The number of likely N-dealkylation sites (N-methyl/N-ethyl adjacent to an activating group) is 1. The zero-order valence-electron chi connectivity index (χ0n) is 14.4. The second-order valence-electron chi connectivity index (χ2n) is 6.56. The minimum Gasteiger partial charge on any atom is -0.459 e. The molecule has 1 saturated carbocycles. The molecule has 0 radical (unpaired) electrons. The minimum atomic E-state index is -0.393. The highest BCUT2D eigenvalue weighted by Crippen LogP contribution is 2.42. The number of nitrogens with one attached hydrogen (secondary N) is 1. The van der Waals surface area contributed by atoms with Crippen LogP contribution in [0.15, 0.2) is 11.8 Å². The quantitative estimate of drug-likeness (QED) is 0.755. The molecule has 1 aliphatic heterocycles. The molecule has 0 saturated heterocycles. The Bertz CT molecular complexity index is 404. The maximum absolute atomic E-state index is 12.1. The summed E-state index contributed by atoms with van der Waals surface area (Å²) in [5.74, 6) is 1.29. The fraction of sp³-hybridized carbons (Fsp3) is 0.833. The van der Waals surface area contributed by atoms with E-state index in [4.69, 9.17) is 9.47 Å². The van der Waals surface area contributed by atoms with Crippen LogP contribution in [-0.2, 0) is 14.3 Å². The van der Waals surface area contributed by atoms with Gasteiger partial charge in [0.1, 0.15) is 0 Å². The van der Waals surface area contributed by atoms with Crippen molar-refractivity contribution in [2.45, 2.75) is 58.2 Å². The van der Waals surface area contributed by atoms with Crippen molar-refractivity contribution in [3.63, 3.8) is 0 Å². The summed E-state index contributed by atoms with van der Waals surface area (Å²) in [6.07, 6.45) is 9.47. The highest BCUT2D eigenvalue weighted by atomic mass is 16.7. The lowest BCUT2D eigenvalue weighted by molar-refractivity contribution is -0.176. The summed E-state index contributed by atoms with van der Waals surface area (Å²) in [6.45, 7) is 2.68. The van der Waals surface area contributed by atoms with Crippen LogP contribution in [0.5, 0.6) is 0 Å². The van der Waals surface area contributed by atoms with Crippen molar-refractivity contribution in [1.29, 1.82) is 0 Å². The van der Waals surface area contributed by atoms with Crippen LogP contribution >= 0.6 is 0 Å². The molecule has 0 aromatic heterocycles. The van der Waals surface area contributed by atoms with Gasteiger partial charge >= 0.3 is 0 Å². The van der Waals surface area contributed by atoms with Crippen LogP contribution in [0.4, 0.5) is 0 Å². The summed E-state index contributed by atoms with van der Waals surface area (Å²) in [5, 5.41) is 11.9. The van der Waals surface area contributed by atoms with Crippen molar-refractivity contribution >= 4 is 5.91 Å². The smallest absolute Gasteiger partial charge is 0.285 e. The van der Waals surface area contributed by atoms with Gasteiger partial charge in [-0.3, -0.25) is 4.79 Å². The van der Waals surface area contributed by atoms with Gasteiger partial charge in [0.05, 0.1) is 0 Å². The molecule has 1 fully saturated rings. The van der Waals surface area contributed by atoms with E-state index in [0.29, 0.717) is 24.2 Å². The maximum Gasteiger partial charge on any atom is 0.285 e. The summed E-state index contributed by atoms with van der Waals surface area (Å²) < 4.78 is 11.7. The van der Waals surface area contributed by atoms with Crippen LogP contribution in [-0.4, -0.2) is 37.6 Å². The van der Waals surface area contributed by atoms with E-state index < -0.39 is 6.29 Å². The number of amides is 1. The highest BCUT2D eigenvalue weighted by Gasteiger charge is 2.40. The lowest BCUT2D eigenvalue weighted by atomic mass is 9.71. The van der Waals surface area contributed by atoms with Crippen LogP contribution in [0.3, 0.4) is 0 Å². The Morgan fingerprint density at radius 2 is 2.13 bits per heavy atom. The molecule has 23 heavy (non-hydrogen) atoms. The number of carbonyl (C=O) groups is 1. The SMILES string of the molecule is CCO[C@@H]1OC(C(=O)NC)=C[C@H](C2CCCCC2)[C@H]1CCCO. The van der Waals surface area contributed by atoms with Gasteiger partial charge in [-0.15, -0.1) is 0 Å². The van der Waals surface area contributed by atoms with Crippen molar-refractivity contribution < 1.29 is 19.4 Å². The molecular weight excluding hydrogens is 294 g/mol. The first kappa shape index (κ1) is 18.3. The van der Waals surface area contributed by atoms with E-state index in [-0.39, 0.29) is 18.4 Å². The van der Waals surface area contributed by atoms with Gasteiger partial charge < -0.3 is 19.9 Å². The van der Waals surface area contributed by atoms with Gasteiger partial charge in [-0.25, -0.2) is 0 Å². The first-order valence-electron chi connectivity index (χ1n) is 9.04. The van der Waals surface area contributed by atoms with Crippen LogP contribution < -0.4 is 5.32 Å². The first-order chi connectivity index (χ1) is 11.2. The van der Waals surface area contributed by atoms with Gasteiger partial charge in [0.2, 0.25) is 6.29 Å². The van der Waals surface area contributed by atoms with E-state index >= 15 is 0 Å². The van der Waals surface area contributed by atoms with E-state index in [9.17, 15) is 9.90 Å². The number of rotatable bonds is 7. The monoisotopic (exact) mass is 325 g/mol. The lowest BCUT2D eigenvalue weighted by Gasteiger charge is -2.41. The molecule has 1 heterocycles. The van der Waals surface area contributed by atoms with Crippen molar-refractivity contribution in [3.05, 3.63) is 11.8 Å². The van der Waals surface area contributed by atoms with E-state index in [1.165, 1.54) is 32.1 Å². The summed E-state index contributed by atoms with van der Waals surface area (Å²) in [4.78, 5) is 12.1. The van der Waals surface area contributed by atoms with Crippen molar-refractivity contribution in [2.24, 2.45) is 17.8 Å². The Morgan fingerprint density at radius 3 is 2.74 bits per heavy atom. The van der Waals surface area contributed by atoms with Gasteiger partial charge in [0.25, 0.3) is 5.91 Å². The number of hydrogen-bond donors (Lipinski definition) is 2. The third-order valence-corrected chi connectivity index (χ3v) is 5.10. The van der Waals surface area contributed by atoms with Gasteiger partial charge in [-0.05, 0) is 50.5 Å². The van der Waals surface area contributed by atoms with Crippen molar-refractivity contribution in [1.82, 2.24) is 5.32 Å². The molecule has 2 aliphatic rings. The molecule has 0 unspecified atom stereocenters. The number of carbonyl (C=O) groups excluding carboxylic acids is 1. The Kier molecular flexibility index (Phi) is 7.37. The Labute approximate surface area is 139 Å². The third kappa shape index (κ3) is 4.70. The molecular formula is C18H31NO4. The number of hydrogen-bond acceptors (Lipinski definition) is 4. The average Bonchev–Trinajstić information content (AvgIpc) is 2.60. The van der Waals surface area contributed by atoms with Crippen LogP contribution in [0.2, 0.25) is 0 Å². The molecule has 0 bridgehead atoms. The lowest BCUT2D eigenvalue weighted by Crippen LogP contribution is -2.41. The topological polar surface area (TPSA) is 67.8 Å². The van der Waals surface area contributed by atoms with E-state index in [2.05, 4.69) is 5.32 Å². The second kappa shape index (κ2) is 9.28. The summed E-state index contributed by atoms with van der Waals surface area (Å²) in [6, 6.07) is 0. The molecule has 1 aliphatic carbocycles. The number of allylic oxidation sites excluding steroid dienone is 1. The minimum absolute atomic E-state index is 0.179. The van der Waals surface area contributed by atoms with Gasteiger partial charge in [-0.2, -0.15) is 0 Å². The average molecular weight is 325 g/mol. The summed E-state index contributed by atoms with van der Waals surface area (Å²) in [7, 11) is 1.62. The van der Waals surface area contributed by atoms with E-state index in [1.807, 2.05) is 13.0 Å². The van der Waals surface area contributed by atoms with Crippen LogP contribution in [0.1, 0.15) is 51.9 Å². The first-order valence-corrected chi connectivity index (χ1v) is 9.04. The fourth-order valence-electron chi connectivity index (χ4n) is 3.97. The Hall–Kier alpha value is -1.07. The van der Waals surface area contributed by atoms with Crippen LogP contribution in [0.25, 0.3) is 0 Å². The van der Waals surface area contributed by atoms with Gasteiger partial charge in [-0.1, -0.05) is 19.3 Å². The molecule has 2 rings (SSSR count). The summed E-state index contributed by atoms with van der Waals surface area (Å²) in [5.41, 5.74) is 0. The standard InChI is InChI=1S/C18H31NO4/c1-3-22-18-14(10-7-11-20)15(13-8-5-4-6-9-13)12-16(23-18)17(21)19-2/h12-15,18,20H,3-11H2,1-2H3,(H,19,21)/t14-,15-,18-/m1/s1. The fourth-order valence-corrected chi connectivity index (χ4v) is 3.97. The maximum atomic E-state index is 12.1. The molecule has 3 atom stereocenters. The van der Waals surface area contributed by atoms with Crippen molar-refractivity contribution in [2.75, 3.05) is 20.3 Å². The Balaban J connectivity index is 2.24. The van der Waals surface area contributed by atoms with E-state index in [0.717, 1.165) is 12.8 Å². The zero-order chi connectivity index (χ0) is 16.7. The van der Waals surface area contributed by atoms with Crippen molar-refractivity contribution in [3.8, 4) is 0 Å². The van der Waals surface area contributed by atoms with Crippen LogP contribution in [0, 0.1) is 17.8 Å². The molecule has 0 aromatic carbocycles. The normalized spacial score (nSPS) is 28.8. The number of ether oxygens (including phenoxy) is 2. The largest absolute Gasteiger partial charge is 0.459 e. The third-order valence-electron chi connectivity index (χ3n) is 5.10. The predicted molar refractivity (Wildman–Crippen MR) is 88.5 cm³/mol. The number of aliphatic hydroxyl groups excluding tert-OH is 1. The Morgan fingerprint density at radius 1 is 1.39 bits per heavy atom. The molecule has 1 amide bonds. The molecule has 5 nitrogen and oxygen atoms in total. The van der Waals surface area contributed by atoms with Gasteiger partial charge in [0, 0.05) is 26.2 Å². The molecule has 0 spiro atoms.